The van der Waals surface area contributed by atoms with Crippen LogP contribution in [0.2, 0.25) is 0 Å². The van der Waals surface area contributed by atoms with E-state index in [1.807, 2.05) is 38.1 Å². The van der Waals surface area contributed by atoms with Crippen molar-refractivity contribution in [2.24, 2.45) is 4.99 Å². The number of nitrogens with zero attached hydrogens (tertiary/aromatic N) is 5. The molecule has 0 aliphatic carbocycles. The van der Waals surface area contributed by atoms with Crippen molar-refractivity contribution in [2.75, 3.05) is 17.3 Å². The first-order valence-corrected chi connectivity index (χ1v) is 14.9. The van der Waals surface area contributed by atoms with Crippen molar-refractivity contribution >= 4 is 34.6 Å². The van der Waals surface area contributed by atoms with E-state index in [4.69, 9.17) is 4.74 Å². The monoisotopic (exact) mass is 659 g/mol. The van der Waals surface area contributed by atoms with E-state index in [1.54, 1.807) is 24.3 Å². The fourth-order valence-corrected chi connectivity index (χ4v) is 5.29. The fourth-order valence-electron chi connectivity index (χ4n) is 4.44. The quantitative estimate of drug-likeness (QED) is 0.173. The molecule has 3 aromatic carbocycles. The predicted octanol–water partition coefficient (Wildman–Crippen LogP) is 7.41. The number of carbonyl (C=O) groups is 2. The number of anilines is 1. The molecule has 5 rings (SSSR count). The first-order valence-electron chi connectivity index (χ1n) is 13.9. The summed E-state index contributed by atoms with van der Waals surface area (Å²) in [5.74, 6) is -0.154. The maximum atomic E-state index is 13.1. The number of ether oxygens (including phenoxy) is 2. The SMILES string of the molecule is CC(C)c1ccccc1N1C(=O)CS/C1=N\C(=O)OCCc1ccc(-c2ncn(-c3ccc(OC(F)(F)C(F)(F)F)cc3)n2)cc1. The van der Waals surface area contributed by atoms with E-state index in [-0.39, 0.29) is 29.4 Å². The normalized spacial score (nSPS) is 14.7. The van der Waals surface area contributed by atoms with Crippen molar-refractivity contribution < 1.29 is 41.0 Å². The number of aromatic nitrogens is 3. The Morgan fingerprint density at radius 2 is 1.70 bits per heavy atom. The van der Waals surface area contributed by atoms with Crippen LogP contribution in [-0.4, -0.2) is 56.6 Å². The summed E-state index contributed by atoms with van der Waals surface area (Å²) in [6.45, 7) is 4.10. The van der Waals surface area contributed by atoms with Crippen molar-refractivity contribution in [2.45, 2.75) is 38.5 Å². The van der Waals surface area contributed by atoms with Crippen molar-refractivity contribution in [1.29, 1.82) is 0 Å². The van der Waals surface area contributed by atoms with E-state index in [0.717, 1.165) is 23.3 Å². The molecule has 1 aliphatic rings. The molecule has 2 heterocycles. The van der Waals surface area contributed by atoms with Gasteiger partial charge in [0.15, 0.2) is 11.0 Å². The average Bonchev–Trinajstić information content (AvgIpc) is 3.64. The summed E-state index contributed by atoms with van der Waals surface area (Å²) in [5, 5.41) is 4.60. The molecule has 240 valence electrons. The van der Waals surface area contributed by atoms with Gasteiger partial charge in [0.25, 0.3) is 0 Å². The zero-order valence-corrected chi connectivity index (χ0v) is 25.2. The summed E-state index contributed by atoms with van der Waals surface area (Å²) in [7, 11) is 0. The lowest BCUT2D eigenvalue weighted by molar-refractivity contribution is -0.360. The summed E-state index contributed by atoms with van der Waals surface area (Å²) in [6, 6.07) is 19.1. The smallest absolute Gasteiger partial charge is 0.448 e. The number of alkyl halides is 5. The number of hydrogen-bond donors (Lipinski definition) is 0. The minimum atomic E-state index is -5.85. The minimum absolute atomic E-state index is 0.0532. The van der Waals surface area contributed by atoms with Gasteiger partial charge in [-0.05, 0) is 47.4 Å². The van der Waals surface area contributed by atoms with Gasteiger partial charge in [-0.25, -0.2) is 14.5 Å². The molecule has 0 N–H and O–H groups in total. The van der Waals surface area contributed by atoms with E-state index >= 15 is 0 Å². The fraction of sp³-hybridized carbons (Fsp3) is 0.258. The molecule has 0 saturated carbocycles. The highest BCUT2D eigenvalue weighted by Gasteiger charge is 2.61. The van der Waals surface area contributed by atoms with E-state index in [2.05, 4.69) is 19.8 Å². The number of amides is 2. The van der Waals surface area contributed by atoms with Gasteiger partial charge in [-0.2, -0.15) is 26.9 Å². The Bertz CT molecular complexity index is 1740. The van der Waals surface area contributed by atoms with Crippen LogP contribution in [0.1, 0.15) is 30.9 Å². The molecule has 1 aromatic heterocycles. The number of para-hydroxylation sites is 1. The number of rotatable bonds is 9. The van der Waals surface area contributed by atoms with Crippen molar-refractivity contribution in [3.8, 4) is 22.8 Å². The van der Waals surface area contributed by atoms with Gasteiger partial charge in [-0.3, -0.25) is 9.69 Å². The van der Waals surface area contributed by atoms with E-state index in [9.17, 15) is 31.5 Å². The van der Waals surface area contributed by atoms with Crippen LogP contribution in [-0.2, 0) is 16.0 Å². The number of carbonyl (C=O) groups excluding carboxylic acids is 2. The second kappa shape index (κ2) is 13.3. The number of halogens is 5. The number of amidine groups is 1. The molecule has 0 atom stereocenters. The predicted molar refractivity (Wildman–Crippen MR) is 161 cm³/mol. The van der Waals surface area contributed by atoms with Gasteiger partial charge in [-0.15, -0.1) is 5.10 Å². The number of hydrogen-bond acceptors (Lipinski definition) is 7. The maximum absolute atomic E-state index is 13.1. The lowest BCUT2D eigenvalue weighted by atomic mass is 10.0. The molecule has 46 heavy (non-hydrogen) atoms. The van der Waals surface area contributed by atoms with Crippen LogP contribution in [0.4, 0.5) is 32.4 Å². The third-order valence-electron chi connectivity index (χ3n) is 6.75. The van der Waals surface area contributed by atoms with Gasteiger partial charge < -0.3 is 9.47 Å². The van der Waals surface area contributed by atoms with Gasteiger partial charge in [0, 0.05) is 12.0 Å². The zero-order valence-electron chi connectivity index (χ0n) is 24.4. The van der Waals surface area contributed by atoms with Crippen molar-refractivity contribution in [3.05, 3.63) is 90.3 Å². The molecular formula is C31H26F5N5O4S. The molecular weight excluding hydrogens is 633 g/mol. The second-order valence-electron chi connectivity index (χ2n) is 10.3. The van der Waals surface area contributed by atoms with Crippen LogP contribution in [0, 0.1) is 0 Å². The van der Waals surface area contributed by atoms with Crippen LogP contribution >= 0.6 is 11.8 Å². The second-order valence-corrected chi connectivity index (χ2v) is 11.3. The largest absolute Gasteiger partial charge is 0.499 e. The van der Waals surface area contributed by atoms with Gasteiger partial charge in [-0.1, -0.05) is 68.1 Å². The van der Waals surface area contributed by atoms with Crippen molar-refractivity contribution in [1.82, 2.24) is 14.8 Å². The lowest BCUT2D eigenvalue weighted by Crippen LogP contribution is -2.41. The molecule has 0 radical (unpaired) electrons. The molecule has 15 heteroatoms. The highest BCUT2D eigenvalue weighted by molar-refractivity contribution is 8.15. The number of thioether (sulfide) groups is 1. The molecule has 2 amide bonds. The van der Waals surface area contributed by atoms with Crippen LogP contribution in [0.3, 0.4) is 0 Å². The Morgan fingerprint density at radius 1 is 1.00 bits per heavy atom. The molecule has 1 fully saturated rings. The van der Waals surface area contributed by atoms with E-state index < -0.39 is 24.1 Å². The molecule has 0 bridgehead atoms. The summed E-state index contributed by atoms with van der Waals surface area (Å²) < 4.78 is 73.8. The molecule has 0 unspecified atom stereocenters. The van der Waals surface area contributed by atoms with E-state index in [0.29, 0.717) is 29.2 Å². The Balaban J connectivity index is 1.16. The highest BCUT2D eigenvalue weighted by Crippen LogP contribution is 2.37. The van der Waals surface area contributed by atoms with Crippen LogP contribution in [0.5, 0.6) is 5.75 Å². The van der Waals surface area contributed by atoms with Crippen LogP contribution in [0.25, 0.3) is 17.1 Å². The lowest BCUT2D eigenvalue weighted by Gasteiger charge is -2.21. The Labute approximate surface area is 264 Å². The van der Waals surface area contributed by atoms with Gasteiger partial charge in [0.05, 0.1) is 23.7 Å². The first-order chi connectivity index (χ1) is 21.8. The van der Waals surface area contributed by atoms with Gasteiger partial charge >= 0.3 is 18.4 Å². The maximum Gasteiger partial charge on any atom is 0.499 e. The summed E-state index contributed by atoms with van der Waals surface area (Å²) in [5.41, 5.74) is 3.52. The molecule has 4 aromatic rings. The van der Waals surface area contributed by atoms with Gasteiger partial charge in [0.1, 0.15) is 12.1 Å². The third kappa shape index (κ3) is 7.36. The molecule has 0 spiro atoms. The zero-order chi connectivity index (χ0) is 33.1. The summed E-state index contributed by atoms with van der Waals surface area (Å²) in [4.78, 5) is 34.9. The van der Waals surface area contributed by atoms with Crippen LogP contribution < -0.4 is 9.64 Å². The highest BCUT2D eigenvalue weighted by atomic mass is 32.2. The summed E-state index contributed by atoms with van der Waals surface area (Å²) in [6.07, 6.45) is -10.2. The van der Waals surface area contributed by atoms with Crippen molar-refractivity contribution in [3.63, 3.8) is 0 Å². The Morgan fingerprint density at radius 3 is 2.37 bits per heavy atom. The Kier molecular flexibility index (Phi) is 9.42. The molecule has 9 nitrogen and oxygen atoms in total. The Hall–Kier alpha value is -4.79. The standard InChI is InChI=1S/C31H26F5N5O4S/c1-19(2)24-5-3-4-6-25(24)41-26(42)17-46-28(41)38-29(43)44-16-15-20-7-9-21(10-8-20)27-37-18-40(39-27)22-11-13-23(14-12-22)45-31(35,36)30(32,33)34/h3-14,18-19H,15-17H2,1-2H3/b38-28-. The topological polar surface area (TPSA) is 98.9 Å². The average molecular weight is 660 g/mol. The third-order valence-corrected chi connectivity index (χ3v) is 7.67. The van der Waals surface area contributed by atoms with Crippen LogP contribution in [0.15, 0.2) is 84.1 Å². The molecule has 1 aliphatic heterocycles. The summed E-state index contributed by atoms with van der Waals surface area (Å²) >= 11 is 1.18. The van der Waals surface area contributed by atoms with E-state index in [1.165, 1.54) is 39.8 Å². The molecule has 1 saturated heterocycles. The first kappa shape index (κ1) is 32.6. The number of benzene rings is 3. The van der Waals surface area contributed by atoms with Gasteiger partial charge in [0.2, 0.25) is 5.91 Å². The minimum Gasteiger partial charge on any atom is -0.448 e. The number of aliphatic imine (C=N–C) groups is 1.